The third kappa shape index (κ3) is 8.25. The lowest BCUT2D eigenvalue weighted by atomic mass is 9.96. The zero-order chi connectivity index (χ0) is 20.6. The van der Waals surface area contributed by atoms with Crippen LogP contribution in [0, 0.1) is 5.82 Å². The number of guanidine groups is 1. The molecule has 6 nitrogen and oxygen atoms in total. The number of hydrogen-bond acceptors (Lipinski definition) is 3. The second-order valence-electron chi connectivity index (χ2n) is 7.19. The van der Waals surface area contributed by atoms with Gasteiger partial charge in [0.05, 0.1) is 0 Å². The van der Waals surface area contributed by atoms with Crippen molar-refractivity contribution in [2.45, 2.75) is 31.6 Å². The predicted octanol–water partition coefficient (Wildman–Crippen LogP) is 3.18. The van der Waals surface area contributed by atoms with Gasteiger partial charge in [0.2, 0.25) is 5.91 Å². The number of carbonyl (C=O) groups is 1. The summed E-state index contributed by atoms with van der Waals surface area (Å²) in [6.07, 6.45) is 2.78. The smallest absolute Gasteiger partial charge is 0.243 e. The highest BCUT2D eigenvalue weighted by atomic mass is 127. The summed E-state index contributed by atoms with van der Waals surface area (Å²) in [7, 11) is 3.41. The second kappa shape index (κ2) is 12.5. The molecule has 0 aromatic heterocycles. The lowest BCUT2D eigenvalue weighted by Gasteiger charge is -2.20. The quantitative estimate of drug-likeness (QED) is 0.207. The zero-order valence-corrected chi connectivity index (χ0v) is 20.4. The van der Waals surface area contributed by atoms with Gasteiger partial charge in [-0.15, -0.1) is 24.0 Å². The molecule has 0 aliphatic heterocycles. The van der Waals surface area contributed by atoms with Gasteiger partial charge >= 0.3 is 0 Å². The Bertz CT molecular complexity index is 699. The maximum Gasteiger partial charge on any atom is 0.243 e. The Morgan fingerprint density at radius 3 is 2.66 bits per heavy atom. The van der Waals surface area contributed by atoms with Crippen LogP contribution in [0.1, 0.15) is 31.7 Å². The van der Waals surface area contributed by atoms with Crippen molar-refractivity contribution in [1.82, 2.24) is 15.5 Å². The van der Waals surface area contributed by atoms with Crippen LogP contribution in [0.4, 0.5) is 4.39 Å². The monoisotopic (exact) mass is 540 g/mol. The molecule has 2 N–H and O–H groups in total. The normalized spacial score (nSPS) is 14.7. The van der Waals surface area contributed by atoms with Crippen molar-refractivity contribution in [1.29, 1.82) is 0 Å². The number of rotatable bonds is 10. The van der Waals surface area contributed by atoms with E-state index in [9.17, 15) is 9.18 Å². The maximum absolute atomic E-state index is 13.4. The highest BCUT2D eigenvalue weighted by Crippen LogP contribution is 2.50. The molecule has 0 spiro atoms. The van der Waals surface area contributed by atoms with E-state index >= 15 is 0 Å². The first-order valence-electron chi connectivity index (χ1n) is 9.63. The number of aliphatic imine (C=N–C) groups is 1. The van der Waals surface area contributed by atoms with E-state index in [-0.39, 0.29) is 47.7 Å². The summed E-state index contributed by atoms with van der Waals surface area (Å²) in [6.45, 7) is 4.70. The van der Waals surface area contributed by atoms with Gasteiger partial charge < -0.3 is 20.3 Å². The molecule has 1 amide bonds. The number of benzene rings is 1. The third-order valence-electron chi connectivity index (χ3n) is 4.78. The minimum absolute atomic E-state index is 0. The Labute approximate surface area is 194 Å². The Morgan fingerprint density at radius 1 is 1.34 bits per heavy atom. The minimum Gasteiger partial charge on any atom is -0.382 e. The van der Waals surface area contributed by atoms with E-state index in [4.69, 9.17) is 16.3 Å². The standard InChI is InChI=1S/C20H30ClFN4O2.HI/c1-4-28-11-5-10-23-19(24-13-18(27)26(2)3)25-14-20(8-9-20)16-7-6-15(22)12-17(16)21;/h6-7,12H,4-5,8-11,13-14H2,1-3H3,(H2,23,24,25);1H. The molecule has 1 fully saturated rings. The molecule has 1 saturated carbocycles. The van der Waals surface area contributed by atoms with Gasteiger partial charge in [0.1, 0.15) is 12.4 Å². The lowest BCUT2D eigenvalue weighted by molar-refractivity contribution is -0.127. The zero-order valence-electron chi connectivity index (χ0n) is 17.3. The number of nitrogens with zero attached hydrogens (tertiary/aromatic N) is 2. The number of likely N-dealkylation sites (N-methyl/N-ethyl adjacent to an activating group) is 1. The van der Waals surface area contributed by atoms with E-state index in [2.05, 4.69) is 15.6 Å². The van der Waals surface area contributed by atoms with Crippen LogP contribution in [0.2, 0.25) is 5.02 Å². The summed E-state index contributed by atoms with van der Waals surface area (Å²) in [5.41, 5.74) is 0.826. The second-order valence-corrected chi connectivity index (χ2v) is 7.60. The summed E-state index contributed by atoms with van der Waals surface area (Å²) in [5, 5.41) is 7.02. The molecule has 0 unspecified atom stereocenters. The van der Waals surface area contributed by atoms with Crippen LogP contribution in [-0.2, 0) is 14.9 Å². The fraction of sp³-hybridized carbons (Fsp3) is 0.600. The van der Waals surface area contributed by atoms with Crippen molar-refractivity contribution in [3.8, 4) is 0 Å². The first-order chi connectivity index (χ1) is 13.4. The minimum atomic E-state index is -0.335. The van der Waals surface area contributed by atoms with E-state index < -0.39 is 0 Å². The van der Waals surface area contributed by atoms with Crippen LogP contribution in [-0.4, -0.2) is 63.7 Å². The number of amides is 1. The first-order valence-corrected chi connectivity index (χ1v) is 10.0. The molecule has 0 bridgehead atoms. The molecule has 1 aromatic carbocycles. The Morgan fingerprint density at radius 2 is 2.07 bits per heavy atom. The number of halogens is 3. The average molecular weight is 541 g/mol. The van der Waals surface area contributed by atoms with E-state index in [1.165, 1.54) is 17.0 Å². The topological polar surface area (TPSA) is 66.0 Å². The summed E-state index contributed by atoms with van der Waals surface area (Å²) >= 11 is 6.26. The molecule has 1 aliphatic rings. The van der Waals surface area contributed by atoms with E-state index in [0.717, 1.165) is 24.8 Å². The summed E-state index contributed by atoms with van der Waals surface area (Å²) in [4.78, 5) is 17.8. The highest BCUT2D eigenvalue weighted by Gasteiger charge is 2.45. The van der Waals surface area contributed by atoms with Crippen molar-refractivity contribution in [3.05, 3.63) is 34.6 Å². The summed E-state index contributed by atoms with van der Waals surface area (Å²) in [6, 6.07) is 4.56. The van der Waals surface area contributed by atoms with E-state index in [0.29, 0.717) is 37.3 Å². The SMILES string of the molecule is CCOCCCNC(=NCC(=O)N(C)C)NCC1(c2ccc(F)cc2Cl)CC1.I. The number of ether oxygens (including phenoxy) is 1. The van der Waals surface area contributed by atoms with Crippen molar-refractivity contribution >= 4 is 47.4 Å². The number of nitrogens with one attached hydrogen (secondary N) is 2. The van der Waals surface area contributed by atoms with Crippen LogP contribution in [0.3, 0.4) is 0 Å². The van der Waals surface area contributed by atoms with Gasteiger partial charge in [-0.05, 0) is 43.9 Å². The number of carbonyl (C=O) groups excluding carboxylic acids is 1. The van der Waals surface area contributed by atoms with Crippen LogP contribution in [0.25, 0.3) is 0 Å². The third-order valence-corrected chi connectivity index (χ3v) is 5.10. The van der Waals surface area contributed by atoms with Gasteiger partial charge in [-0.3, -0.25) is 4.79 Å². The van der Waals surface area contributed by atoms with Gasteiger partial charge in [0.15, 0.2) is 5.96 Å². The molecule has 164 valence electrons. The van der Waals surface area contributed by atoms with Crippen molar-refractivity contribution in [2.75, 3.05) is 46.9 Å². The molecule has 0 heterocycles. The average Bonchev–Trinajstić information content (AvgIpc) is 3.43. The van der Waals surface area contributed by atoms with E-state index in [1.807, 2.05) is 6.92 Å². The van der Waals surface area contributed by atoms with Crippen molar-refractivity contribution in [3.63, 3.8) is 0 Å². The van der Waals surface area contributed by atoms with Crippen molar-refractivity contribution in [2.24, 2.45) is 4.99 Å². The molecule has 9 heteroatoms. The molecule has 0 atom stereocenters. The Hall–Kier alpha value is -1.13. The lowest BCUT2D eigenvalue weighted by Crippen LogP contribution is -2.42. The Balaban J connectivity index is 0.00000420. The van der Waals surface area contributed by atoms with E-state index in [1.54, 1.807) is 20.2 Å². The number of hydrogen-bond donors (Lipinski definition) is 2. The molecule has 0 radical (unpaired) electrons. The van der Waals surface area contributed by atoms with Gasteiger partial charge in [0, 0.05) is 50.8 Å². The van der Waals surface area contributed by atoms with Crippen LogP contribution in [0.15, 0.2) is 23.2 Å². The van der Waals surface area contributed by atoms with Gasteiger partial charge in [-0.1, -0.05) is 17.7 Å². The van der Waals surface area contributed by atoms with Crippen LogP contribution < -0.4 is 10.6 Å². The molecule has 2 rings (SSSR count). The summed E-state index contributed by atoms with van der Waals surface area (Å²) in [5.74, 6) is 0.173. The molecule has 0 saturated heterocycles. The Kier molecular flexibility index (Phi) is 11.2. The highest BCUT2D eigenvalue weighted by molar-refractivity contribution is 14.0. The van der Waals surface area contributed by atoms with Gasteiger partial charge in [0.25, 0.3) is 0 Å². The van der Waals surface area contributed by atoms with Gasteiger partial charge in [-0.2, -0.15) is 0 Å². The molecule has 1 aromatic rings. The molecule has 1 aliphatic carbocycles. The summed E-state index contributed by atoms with van der Waals surface area (Å²) < 4.78 is 18.7. The molecule has 29 heavy (non-hydrogen) atoms. The maximum atomic E-state index is 13.4. The van der Waals surface area contributed by atoms with Crippen molar-refractivity contribution < 1.29 is 13.9 Å². The molecular formula is C20H31ClFIN4O2. The fourth-order valence-corrected chi connectivity index (χ4v) is 3.22. The van der Waals surface area contributed by atoms with Gasteiger partial charge in [-0.25, -0.2) is 9.38 Å². The van der Waals surface area contributed by atoms with Crippen LogP contribution in [0.5, 0.6) is 0 Å². The van der Waals surface area contributed by atoms with Crippen LogP contribution >= 0.6 is 35.6 Å². The largest absolute Gasteiger partial charge is 0.382 e. The fourth-order valence-electron chi connectivity index (χ4n) is 2.85. The first kappa shape index (κ1) is 25.9. The molecular weight excluding hydrogens is 510 g/mol. The predicted molar refractivity (Wildman–Crippen MR) is 126 cm³/mol.